The normalized spacial score (nSPS) is 24.6. The van der Waals surface area contributed by atoms with Crippen LogP contribution in [0.3, 0.4) is 0 Å². The molecule has 8 heteroatoms. The summed E-state index contributed by atoms with van der Waals surface area (Å²) in [5, 5.41) is 0.258. The van der Waals surface area contributed by atoms with Gasteiger partial charge in [-0.05, 0) is 56.9 Å². The smallest absolute Gasteiger partial charge is 0.227 e. The van der Waals surface area contributed by atoms with Crippen molar-refractivity contribution in [2.75, 3.05) is 18.8 Å². The van der Waals surface area contributed by atoms with Crippen molar-refractivity contribution < 1.29 is 13.2 Å². The highest BCUT2D eigenvalue weighted by atomic mass is 32.2. The Bertz CT molecular complexity index is 825. The number of carbonyl (C=O) groups is 1. The van der Waals surface area contributed by atoms with Crippen molar-refractivity contribution in [3.8, 4) is 0 Å². The Labute approximate surface area is 174 Å². The Balaban J connectivity index is 1.56. The fourth-order valence-corrected chi connectivity index (χ4v) is 6.76. The van der Waals surface area contributed by atoms with Crippen LogP contribution >= 0.6 is 0 Å². The van der Waals surface area contributed by atoms with Crippen LogP contribution in [-0.4, -0.2) is 47.6 Å². The molecule has 4 rings (SSSR count). The zero-order valence-electron chi connectivity index (χ0n) is 17.3. The van der Waals surface area contributed by atoms with E-state index in [0.29, 0.717) is 24.9 Å². The zero-order chi connectivity index (χ0) is 20.4. The van der Waals surface area contributed by atoms with Crippen LogP contribution in [0.4, 0.5) is 0 Å². The minimum absolute atomic E-state index is 0.114. The molecular formula is C21H34N4O3S. The number of hydrogen-bond acceptors (Lipinski definition) is 5. The molecule has 162 valence electrons. The lowest BCUT2D eigenvalue weighted by atomic mass is 9.89. The van der Waals surface area contributed by atoms with Gasteiger partial charge in [0.2, 0.25) is 20.9 Å². The molecule has 1 aromatic rings. The summed E-state index contributed by atoms with van der Waals surface area (Å²) in [7, 11) is -3.36. The van der Waals surface area contributed by atoms with Gasteiger partial charge >= 0.3 is 0 Å². The van der Waals surface area contributed by atoms with Gasteiger partial charge in [0.15, 0.2) is 0 Å². The van der Waals surface area contributed by atoms with E-state index < -0.39 is 9.84 Å². The summed E-state index contributed by atoms with van der Waals surface area (Å²) in [6.45, 7) is 2.92. The van der Waals surface area contributed by atoms with Crippen LogP contribution in [0, 0.1) is 17.8 Å². The predicted molar refractivity (Wildman–Crippen MR) is 111 cm³/mol. The maximum atomic E-state index is 13.0. The number of sulfone groups is 1. The highest BCUT2D eigenvalue weighted by Crippen LogP contribution is 2.33. The Morgan fingerprint density at radius 1 is 1.07 bits per heavy atom. The fraction of sp³-hybridized carbons (Fsp3) is 0.810. The van der Waals surface area contributed by atoms with Crippen molar-refractivity contribution in [1.29, 1.82) is 0 Å². The molecular weight excluding hydrogens is 388 g/mol. The van der Waals surface area contributed by atoms with Gasteiger partial charge in [-0.1, -0.05) is 19.3 Å². The van der Waals surface area contributed by atoms with Crippen LogP contribution < -0.4 is 5.73 Å². The summed E-state index contributed by atoms with van der Waals surface area (Å²) in [4.78, 5) is 18.3. The van der Waals surface area contributed by atoms with Gasteiger partial charge in [0.05, 0.1) is 23.6 Å². The maximum absolute atomic E-state index is 13.0. The first-order valence-corrected chi connectivity index (χ1v) is 12.9. The van der Waals surface area contributed by atoms with Crippen LogP contribution in [-0.2, 0) is 27.7 Å². The van der Waals surface area contributed by atoms with Gasteiger partial charge in [-0.2, -0.15) is 0 Å². The van der Waals surface area contributed by atoms with Crippen molar-refractivity contribution in [2.45, 2.75) is 76.0 Å². The summed E-state index contributed by atoms with van der Waals surface area (Å²) in [6.07, 6.45) is 11.6. The number of piperidine rings is 1. The molecule has 3 aliphatic rings. The number of carbonyl (C=O) groups excluding carboxylic acids is 1. The number of likely N-dealkylation sites (tertiary alicyclic amines) is 1. The van der Waals surface area contributed by atoms with Crippen LogP contribution in [0.15, 0.2) is 11.4 Å². The van der Waals surface area contributed by atoms with Crippen molar-refractivity contribution in [1.82, 2.24) is 14.5 Å². The maximum Gasteiger partial charge on any atom is 0.227 e. The van der Waals surface area contributed by atoms with Gasteiger partial charge in [0.1, 0.15) is 0 Å². The molecule has 1 saturated heterocycles. The topological polar surface area (TPSA) is 98.3 Å². The molecule has 1 aromatic heterocycles. The number of amides is 1. The van der Waals surface area contributed by atoms with Gasteiger partial charge in [-0.25, -0.2) is 13.4 Å². The molecule has 0 radical (unpaired) electrons. The average Bonchev–Trinajstić information content (AvgIpc) is 3.41. The summed E-state index contributed by atoms with van der Waals surface area (Å²) in [6, 6.07) is 0. The van der Waals surface area contributed by atoms with Crippen molar-refractivity contribution in [3.05, 3.63) is 11.9 Å². The van der Waals surface area contributed by atoms with E-state index in [2.05, 4.69) is 9.88 Å². The molecule has 29 heavy (non-hydrogen) atoms. The molecule has 0 aromatic carbocycles. The summed E-state index contributed by atoms with van der Waals surface area (Å²) < 4.78 is 28.1. The summed E-state index contributed by atoms with van der Waals surface area (Å²) in [5.41, 5.74) is 6.48. The molecule has 7 nitrogen and oxygen atoms in total. The number of nitrogens with two attached hydrogens (primary N) is 1. The first-order chi connectivity index (χ1) is 13.9. The lowest BCUT2D eigenvalue weighted by molar-refractivity contribution is -0.123. The monoisotopic (exact) mass is 422 g/mol. The largest absolute Gasteiger partial charge is 0.369 e. The molecule has 0 spiro atoms. The minimum atomic E-state index is -3.36. The quantitative estimate of drug-likeness (QED) is 0.693. The molecule has 2 heterocycles. The molecule has 2 saturated carbocycles. The first-order valence-electron chi connectivity index (χ1n) is 11.2. The van der Waals surface area contributed by atoms with E-state index in [1.807, 2.05) is 4.57 Å². The van der Waals surface area contributed by atoms with Gasteiger partial charge in [0, 0.05) is 19.6 Å². The van der Waals surface area contributed by atoms with Gasteiger partial charge < -0.3 is 10.3 Å². The van der Waals surface area contributed by atoms with E-state index in [1.165, 1.54) is 19.3 Å². The van der Waals surface area contributed by atoms with Crippen LogP contribution in [0.25, 0.3) is 0 Å². The molecule has 1 amide bonds. The number of imidazole rings is 1. The van der Waals surface area contributed by atoms with Crippen molar-refractivity contribution in [3.63, 3.8) is 0 Å². The van der Waals surface area contributed by atoms with E-state index in [-0.39, 0.29) is 22.7 Å². The number of hydrogen-bond donors (Lipinski definition) is 1. The third-order valence-corrected chi connectivity index (χ3v) is 8.58. The number of aromatic nitrogens is 2. The second-order valence-electron chi connectivity index (χ2n) is 9.35. The number of rotatable bonds is 8. The standard InChI is InChI=1S/C21H34N4O3S/c22-20(26)18-7-4-10-24(13-18)14-19-11-23-21(29(27,28)15-17-8-9-17)25(19)12-16-5-2-1-3-6-16/h11,16-18H,1-10,12-15H2,(H2,22,26). The van der Waals surface area contributed by atoms with E-state index in [0.717, 1.165) is 57.3 Å². The average molecular weight is 423 g/mol. The Kier molecular flexibility index (Phi) is 6.30. The zero-order valence-corrected chi connectivity index (χ0v) is 18.1. The molecule has 1 atom stereocenters. The van der Waals surface area contributed by atoms with E-state index in [4.69, 9.17) is 5.73 Å². The molecule has 3 fully saturated rings. The number of primary amides is 1. The number of nitrogens with zero attached hydrogens (tertiary/aromatic N) is 3. The lowest BCUT2D eigenvalue weighted by Gasteiger charge is -2.31. The van der Waals surface area contributed by atoms with Gasteiger partial charge in [0.25, 0.3) is 0 Å². The van der Waals surface area contributed by atoms with E-state index in [1.54, 1.807) is 6.20 Å². The molecule has 2 aliphatic carbocycles. The third-order valence-electron chi connectivity index (χ3n) is 6.79. The highest BCUT2D eigenvalue weighted by molar-refractivity contribution is 7.91. The SMILES string of the molecule is NC(=O)C1CCCN(Cc2cnc(S(=O)(=O)CC3CC3)n2CC2CCCCC2)C1. The van der Waals surface area contributed by atoms with E-state index in [9.17, 15) is 13.2 Å². The van der Waals surface area contributed by atoms with E-state index >= 15 is 0 Å². The fourth-order valence-electron chi connectivity index (χ4n) is 4.92. The lowest BCUT2D eigenvalue weighted by Crippen LogP contribution is -2.41. The molecule has 2 N–H and O–H groups in total. The summed E-state index contributed by atoms with van der Waals surface area (Å²) in [5.74, 6) is 0.698. The first kappa shape index (κ1) is 20.8. The van der Waals surface area contributed by atoms with Crippen LogP contribution in [0.1, 0.15) is 63.5 Å². The van der Waals surface area contributed by atoms with Crippen LogP contribution in [0.2, 0.25) is 0 Å². The second kappa shape index (κ2) is 8.76. The second-order valence-corrected chi connectivity index (χ2v) is 11.3. The van der Waals surface area contributed by atoms with Crippen molar-refractivity contribution in [2.24, 2.45) is 23.5 Å². The predicted octanol–water partition coefficient (Wildman–Crippen LogP) is 2.34. The minimum Gasteiger partial charge on any atom is -0.369 e. The molecule has 1 unspecified atom stereocenters. The van der Waals surface area contributed by atoms with Crippen LogP contribution in [0.5, 0.6) is 0 Å². The Morgan fingerprint density at radius 3 is 2.52 bits per heavy atom. The summed E-state index contributed by atoms with van der Waals surface area (Å²) >= 11 is 0. The molecule has 1 aliphatic heterocycles. The van der Waals surface area contributed by atoms with Crippen molar-refractivity contribution >= 4 is 15.7 Å². The van der Waals surface area contributed by atoms with Gasteiger partial charge in [-0.15, -0.1) is 0 Å². The molecule has 0 bridgehead atoms. The van der Waals surface area contributed by atoms with Gasteiger partial charge in [-0.3, -0.25) is 9.69 Å². The Morgan fingerprint density at radius 2 is 1.83 bits per heavy atom. The third kappa shape index (κ3) is 5.20. The Hall–Kier alpha value is -1.41. The highest BCUT2D eigenvalue weighted by Gasteiger charge is 2.33.